The van der Waals surface area contributed by atoms with Crippen molar-refractivity contribution >= 4 is 0 Å². The summed E-state index contributed by atoms with van der Waals surface area (Å²) < 4.78 is 26.4. The van der Waals surface area contributed by atoms with Crippen LogP contribution in [0.4, 0.5) is 8.78 Å². The van der Waals surface area contributed by atoms with Gasteiger partial charge in [0.1, 0.15) is 11.6 Å². The van der Waals surface area contributed by atoms with Gasteiger partial charge in [0, 0.05) is 18.1 Å². The summed E-state index contributed by atoms with van der Waals surface area (Å²) >= 11 is 0. The Morgan fingerprint density at radius 2 is 1.74 bits per heavy atom. The molecular weight excluding hydrogens is 248 g/mol. The first-order chi connectivity index (χ1) is 9.08. The Kier molecular flexibility index (Phi) is 4.24. The minimum Gasteiger partial charge on any atom is -0.391 e. The molecule has 4 heteroatoms. The largest absolute Gasteiger partial charge is 0.391 e. The molecule has 0 spiro atoms. The van der Waals surface area contributed by atoms with E-state index in [0.717, 1.165) is 17.7 Å². The van der Waals surface area contributed by atoms with Crippen LogP contribution in [0, 0.1) is 11.6 Å². The van der Waals surface area contributed by atoms with Gasteiger partial charge in [0.15, 0.2) is 0 Å². The van der Waals surface area contributed by atoms with Crippen LogP contribution < -0.4 is 5.73 Å². The highest BCUT2D eigenvalue weighted by Crippen LogP contribution is 2.21. The fourth-order valence-corrected chi connectivity index (χ4v) is 1.96. The zero-order chi connectivity index (χ0) is 13.8. The molecule has 0 bridgehead atoms. The first kappa shape index (κ1) is 13.6. The predicted octanol–water partition coefficient (Wildman–Crippen LogP) is 2.57. The quantitative estimate of drug-likeness (QED) is 0.890. The van der Waals surface area contributed by atoms with Gasteiger partial charge in [0.25, 0.3) is 0 Å². The molecule has 2 aromatic carbocycles. The van der Waals surface area contributed by atoms with Gasteiger partial charge in [-0.15, -0.1) is 0 Å². The second-order valence-corrected chi connectivity index (χ2v) is 4.45. The Balaban J connectivity index is 2.12. The summed E-state index contributed by atoms with van der Waals surface area (Å²) in [7, 11) is 0. The highest BCUT2D eigenvalue weighted by atomic mass is 19.1. The van der Waals surface area contributed by atoms with Crippen LogP contribution in [0.15, 0.2) is 48.5 Å². The fraction of sp³-hybridized carbons (Fsp3) is 0.200. The molecule has 0 radical (unpaired) electrons. The topological polar surface area (TPSA) is 46.2 Å². The number of hydrogen-bond acceptors (Lipinski definition) is 2. The van der Waals surface area contributed by atoms with Crippen LogP contribution in [0.25, 0.3) is 0 Å². The monoisotopic (exact) mass is 263 g/mol. The lowest BCUT2D eigenvalue weighted by molar-refractivity contribution is 0.143. The third kappa shape index (κ3) is 3.36. The standard InChI is InChI=1S/C15H15F2NO/c16-11-6-7-12(13(17)9-11)15(18)14(19)8-10-4-2-1-3-5-10/h1-7,9,14-15,19H,8,18H2/t14-,15+/m0/s1. The van der Waals surface area contributed by atoms with Crippen molar-refractivity contribution in [3.05, 3.63) is 71.3 Å². The maximum Gasteiger partial charge on any atom is 0.130 e. The molecule has 2 atom stereocenters. The van der Waals surface area contributed by atoms with E-state index in [1.165, 1.54) is 6.07 Å². The van der Waals surface area contributed by atoms with Crippen LogP contribution in [0.5, 0.6) is 0 Å². The molecule has 0 aliphatic carbocycles. The van der Waals surface area contributed by atoms with Crippen molar-refractivity contribution in [3.8, 4) is 0 Å². The van der Waals surface area contributed by atoms with E-state index >= 15 is 0 Å². The van der Waals surface area contributed by atoms with E-state index in [1.807, 2.05) is 30.3 Å². The first-order valence-electron chi connectivity index (χ1n) is 6.00. The highest BCUT2D eigenvalue weighted by molar-refractivity contribution is 5.24. The van der Waals surface area contributed by atoms with Crippen molar-refractivity contribution in [2.75, 3.05) is 0 Å². The third-order valence-electron chi connectivity index (χ3n) is 3.02. The third-order valence-corrected chi connectivity index (χ3v) is 3.02. The van der Waals surface area contributed by atoms with Gasteiger partial charge in [-0.05, 0) is 11.6 Å². The van der Waals surface area contributed by atoms with Crippen molar-refractivity contribution in [1.82, 2.24) is 0 Å². The van der Waals surface area contributed by atoms with Gasteiger partial charge in [0.2, 0.25) is 0 Å². The Morgan fingerprint density at radius 1 is 1.05 bits per heavy atom. The van der Waals surface area contributed by atoms with Gasteiger partial charge in [-0.2, -0.15) is 0 Å². The average molecular weight is 263 g/mol. The van der Waals surface area contributed by atoms with E-state index in [1.54, 1.807) is 0 Å². The SMILES string of the molecule is N[C@H](c1ccc(F)cc1F)[C@@H](O)Cc1ccccc1. The molecule has 2 nitrogen and oxygen atoms in total. The minimum atomic E-state index is -0.928. The zero-order valence-electron chi connectivity index (χ0n) is 10.3. The second-order valence-electron chi connectivity index (χ2n) is 4.45. The summed E-state index contributed by atoms with van der Waals surface area (Å²) in [4.78, 5) is 0. The van der Waals surface area contributed by atoms with Crippen LogP contribution in [0.3, 0.4) is 0 Å². The molecule has 0 amide bonds. The molecule has 3 N–H and O–H groups in total. The number of rotatable bonds is 4. The number of halogens is 2. The summed E-state index contributed by atoms with van der Waals surface area (Å²) in [5.74, 6) is -1.40. The molecule has 19 heavy (non-hydrogen) atoms. The van der Waals surface area contributed by atoms with E-state index in [4.69, 9.17) is 5.73 Å². The molecule has 0 unspecified atom stereocenters. The van der Waals surface area contributed by atoms with E-state index in [2.05, 4.69) is 0 Å². The van der Waals surface area contributed by atoms with E-state index < -0.39 is 23.8 Å². The van der Waals surface area contributed by atoms with Gasteiger partial charge in [-0.3, -0.25) is 0 Å². The first-order valence-corrected chi connectivity index (χ1v) is 6.00. The van der Waals surface area contributed by atoms with Gasteiger partial charge in [-0.1, -0.05) is 36.4 Å². The molecule has 2 aromatic rings. The molecular formula is C15H15F2NO. The van der Waals surface area contributed by atoms with E-state index in [-0.39, 0.29) is 5.56 Å². The fourth-order valence-electron chi connectivity index (χ4n) is 1.96. The van der Waals surface area contributed by atoms with Gasteiger partial charge >= 0.3 is 0 Å². The summed E-state index contributed by atoms with van der Waals surface area (Å²) in [5.41, 5.74) is 6.85. The summed E-state index contributed by atoms with van der Waals surface area (Å²) in [5, 5.41) is 10.0. The maximum absolute atomic E-state index is 13.6. The number of benzene rings is 2. The van der Waals surface area contributed by atoms with Crippen LogP contribution in [-0.4, -0.2) is 11.2 Å². The average Bonchev–Trinajstić information content (AvgIpc) is 2.39. The number of aliphatic hydroxyl groups excluding tert-OH is 1. The Bertz CT molecular complexity index is 545. The van der Waals surface area contributed by atoms with Crippen LogP contribution in [0.1, 0.15) is 17.2 Å². The molecule has 0 aliphatic heterocycles. The molecule has 100 valence electrons. The molecule has 0 saturated heterocycles. The smallest absolute Gasteiger partial charge is 0.130 e. The summed E-state index contributed by atoms with van der Waals surface area (Å²) in [6.45, 7) is 0. The predicted molar refractivity (Wildman–Crippen MR) is 69.4 cm³/mol. The summed E-state index contributed by atoms with van der Waals surface area (Å²) in [6.07, 6.45) is -0.610. The lowest BCUT2D eigenvalue weighted by Crippen LogP contribution is -2.29. The lowest BCUT2D eigenvalue weighted by Gasteiger charge is -2.19. The molecule has 0 aromatic heterocycles. The number of aliphatic hydroxyl groups is 1. The van der Waals surface area contributed by atoms with Crippen molar-refractivity contribution < 1.29 is 13.9 Å². The summed E-state index contributed by atoms with van der Waals surface area (Å²) in [6, 6.07) is 11.6. The Morgan fingerprint density at radius 3 is 2.37 bits per heavy atom. The van der Waals surface area contributed by atoms with Crippen LogP contribution in [0.2, 0.25) is 0 Å². The minimum absolute atomic E-state index is 0.116. The van der Waals surface area contributed by atoms with Crippen LogP contribution >= 0.6 is 0 Å². The maximum atomic E-state index is 13.6. The van der Waals surface area contributed by atoms with E-state index in [9.17, 15) is 13.9 Å². The molecule has 0 saturated carbocycles. The number of hydrogen-bond donors (Lipinski definition) is 2. The molecule has 0 heterocycles. The van der Waals surface area contributed by atoms with Crippen molar-refractivity contribution in [1.29, 1.82) is 0 Å². The van der Waals surface area contributed by atoms with Gasteiger partial charge in [-0.25, -0.2) is 8.78 Å². The normalized spacial score (nSPS) is 14.1. The second kappa shape index (κ2) is 5.91. The molecule has 2 rings (SSSR count). The van der Waals surface area contributed by atoms with E-state index in [0.29, 0.717) is 6.42 Å². The molecule has 0 fully saturated rings. The number of nitrogens with two attached hydrogens (primary N) is 1. The Labute approximate surface area is 110 Å². The van der Waals surface area contributed by atoms with Crippen LogP contribution in [-0.2, 0) is 6.42 Å². The molecule has 0 aliphatic rings. The van der Waals surface area contributed by atoms with Crippen molar-refractivity contribution in [3.63, 3.8) is 0 Å². The Hall–Kier alpha value is -1.78. The van der Waals surface area contributed by atoms with Gasteiger partial charge in [0.05, 0.1) is 12.1 Å². The zero-order valence-corrected chi connectivity index (χ0v) is 10.3. The lowest BCUT2D eigenvalue weighted by atomic mass is 9.96. The van der Waals surface area contributed by atoms with Crippen molar-refractivity contribution in [2.24, 2.45) is 5.73 Å². The van der Waals surface area contributed by atoms with Gasteiger partial charge < -0.3 is 10.8 Å². The highest BCUT2D eigenvalue weighted by Gasteiger charge is 2.20. The van der Waals surface area contributed by atoms with Crippen molar-refractivity contribution in [2.45, 2.75) is 18.6 Å².